The number of aromatic nitrogens is 3. The Morgan fingerprint density at radius 1 is 1.55 bits per heavy atom. The van der Waals surface area contributed by atoms with Crippen LogP contribution in [0, 0.1) is 0 Å². The maximum Gasteiger partial charge on any atom is 0.338 e. The summed E-state index contributed by atoms with van der Waals surface area (Å²) in [5, 5.41) is 7.38. The maximum atomic E-state index is 11.8. The second-order valence-electron chi connectivity index (χ2n) is 3.91. The van der Waals surface area contributed by atoms with Gasteiger partial charge in [-0.25, -0.2) is 9.78 Å². The molecule has 0 spiro atoms. The zero-order chi connectivity index (χ0) is 14.5. The summed E-state index contributed by atoms with van der Waals surface area (Å²) in [6.07, 6.45) is 2.15. The van der Waals surface area contributed by atoms with Crippen molar-refractivity contribution in [2.75, 3.05) is 12.3 Å². The molecule has 0 aliphatic heterocycles. The number of rotatable bonds is 5. The van der Waals surface area contributed by atoms with Gasteiger partial charge in [-0.2, -0.15) is 5.10 Å². The van der Waals surface area contributed by atoms with Crippen LogP contribution < -0.4 is 5.73 Å². The Balaban J connectivity index is 2.22. The average molecular weight is 313 g/mol. The number of nitrogens with one attached hydrogen (secondary N) is 1. The van der Waals surface area contributed by atoms with E-state index in [4.69, 9.17) is 22.1 Å². The van der Waals surface area contributed by atoms with Crippen LogP contribution in [0.3, 0.4) is 0 Å². The van der Waals surface area contributed by atoms with Crippen LogP contribution in [-0.2, 0) is 4.74 Å². The first-order valence-corrected chi connectivity index (χ1v) is 7.10. The number of H-pyrrole nitrogens is 1. The quantitative estimate of drug-likeness (QED) is 0.651. The fourth-order valence-electron chi connectivity index (χ4n) is 1.46. The smallest absolute Gasteiger partial charge is 0.338 e. The van der Waals surface area contributed by atoms with Crippen molar-refractivity contribution < 1.29 is 9.53 Å². The number of carbonyl (C=O) groups is 1. The monoisotopic (exact) mass is 312 g/mol. The lowest BCUT2D eigenvalue weighted by molar-refractivity contribution is 0.0505. The summed E-state index contributed by atoms with van der Waals surface area (Å²) in [5.74, 6) is -0.434. The molecule has 0 amide bonds. The van der Waals surface area contributed by atoms with Gasteiger partial charge in [0.1, 0.15) is 6.33 Å². The van der Waals surface area contributed by atoms with E-state index in [-0.39, 0.29) is 0 Å². The Kier molecular flexibility index (Phi) is 4.86. The molecule has 0 radical (unpaired) electrons. The van der Waals surface area contributed by atoms with Gasteiger partial charge in [0.2, 0.25) is 0 Å². The number of nitrogens with zero attached hydrogens (tertiary/aromatic N) is 2. The molecule has 3 N–H and O–H groups in total. The zero-order valence-electron chi connectivity index (χ0n) is 10.7. The summed E-state index contributed by atoms with van der Waals surface area (Å²) in [5.41, 5.74) is 6.66. The highest BCUT2D eigenvalue weighted by Crippen LogP contribution is 2.36. The van der Waals surface area contributed by atoms with Gasteiger partial charge in [-0.05, 0) is 30.3 Å². The normalized spacial score (nSPS) is 10.5. The molecule has 106 valence electrons. The number of ether oxygens (including phenoxy) is 1. The Morgan fingerprint density at radius 2 is 2.35 bits per heavy atom. The lowest BCUT2D eigenvalue weighted by atomic mass is 10.2. The SMILES string of the molecule is CCCOC(=O)c1cc(N)c(Sc2ncn[nH]2)c(Cl)c1. The third-order valence-electron chi connectivity index (χ3n) is 2.34. The summed E-state index contributed by atoms with van der Waals surface area (Å²) in [6.45, 7) is 2.29. The van der Waals surface area contributed by atoms with E-state index in [0.29, 0.717) is 32.9 Å². The molecule has 1 heterocycles. The van der Waals surface area contributed by atoms with E-state index in [2.05, 4.69) is 15.2 Å². The Labute approximate surface area is 125 Å². The van der Waals surface area contributed by atoms with Crippen molar-refractivity contribution >= 4 is 35.0 Å². The summed E-state index contributed by atoms with van der Waals surface area (Å²) in [6, 6.07) is 3.08. The first kappa shape index (κ1) is 14.7. The van der Waals surface area contributed by atoms with Crippen LogP contribution in [0.15, 0.2) is 28.5 Å². The van der Waals surface area contributed by atoms with Crippen molar-refractivity contribution in [3.05, 3.63) is 29.0 Å². The van der Waals surface area contributed by atoms with Crippen molar-refractivity contribution in [1.82, 2.24) is 15.2 Å². The maximum absolute atomic E-state index is 11.8. The predicted molar refractivity (Wildman–Crippen MR) is 76.9 cm³/mol. The van der Waals surface area contributed by atoms with E-state index in [1.54, 1.807) is 6.07 Å². The van der Waals surface area contributed by atoms with Gasteiger partial charge < -0.3 is 10.5 Å². The number of benzene rings is 1. The molecule has 0 saturated carbocycles. The first-order valence-electron chi connectivity index (χ1n) is 5.91. The van der Waals surface area contributed by atoms with Crippen LogP contribution in [-0.4, -0.2) is 27.8 Å². The number of carbonyl (C=O) groups excluding carboxylic acids is 1. The van der Waals surface area contributed by atoms with E-state index in [9.17, 15) is 4.79 Å². The molecule has 20 heavy (non-hydrogen) atoms. The molecule has 0 aliphatic carbocycles. The van der Waals surface area contributed by atoms with Crippen LogP contribution in [0.5, 0.6) is 0 Å². The topological polar surface area (TPSA) is 93.9 Å². The number of aromatic amines is 1. The largest absolute Gasteiger partial charge is 0.462 e. The number of nitrogen functional groups attached to an aromatic ring is 1. The van der Waals surface area contributed by atoms with Crippen LogP contribution in [0.1, 0.15) is 23.7 Å². The van der Waals surface area contributed by atoms with Gasteiger partial charge in [0, 0.05) is 5.69 Å². The zero-order valence-corrected chi connectivity index (χ0v) is 12.3. The Bertz CT molecular complexity index is 581. The minimum absolute atomic E-state index is 0.336. The summed E-state index contributed by atoms with van der Waals surface area (Å²) < 4.78 is 5.04. The van der Waals surface area contributed by atoms with Crippen molar-refractivity contribution in [2.24, 2.45) is 0 Å². The van der Waals surface area contributed by atoms with Crippen LogP contribution in [0.2, 0.25) is 5.02 Å². The number of nitrogens with two attached hydrogens (primary N) is 1. The van der Waals surface area contributed by atoms with Gasteiger partial charge in [-0.3, -0.25) is 5.10 Å². The molecule has 0 unspecified atom stereocenters. The second kappa shape index (κ2) is 6.62. The minimum Gasteiger partial charge on any atom is -0.462 e. The molecule has 0 bridgehead atoms. The van der Waals surface area contributed by atoms with E-state index in [0.717, 1.165) is 6.42 Å². The van der Waals surface area contributed by atoms with Gasteiger partial charge >= 0.3 is 5.97 Å². The highest BCUT2D eigenvalue weighted by atomic mass is 35.5. The van der Waals surface area contributed by atoms with Crippen molar-refractivity contribution in [3.63, 3.8) is 0 Å². The highest BCUT2D eigenvalue weighted by molar-refractivity contribution is 7.99. The lowest BCUT2D eigenvalue weighted by Crippen LogP contribution is -2.07. The summed E-state index contributed by atoms with van der Waals surface area (Å²) >= 11 is 7.41. The molecule has 6 nitrogen and oxygen atoms in total. The molecule has 0 aliphatic rings. The molecule has 8 heteroatoms. The molecule has 2 aromatic rings. The molecule has 0 atom stereocenters. The Hall–Kier alpha value is -1.73. The summed E-state index contributed by atoms with van der Waals surface area (Å²) in [7, 11) is 0. The van der Waals surface area contributed by atoms with Crippen LogP contribution >= 0.6 is 23.4 Å². The van der Waals surface area contributed by atoms with Gasteiger partial charge in [0.05, 0.1) is 22.1 Å². The third kappa shape index (κ3) is 3.43. The second-order valence-corrected chi connectivity index (χ2v) is 5.31. The lowest BCUT2D eigenvalue weighted by Gasteiger charge is -2.09. The Morgan fingerprint density at radius 3 is 2.95 bits per heavy atom. The van der Waals surface area contributed by atoms with Crippen LogP contribution in [0.4, 0.5) is 5.69 Å². The number of anilines is 1. The number of hydrogen-bond donors (Lipinski definition) is 2. The number of hydrogen-bond acceptors (Lipinski definition) is 6. The van der Waals surface area contributed by atoms with E-state index < -0.39 is 5.97 Å². The standard InChI is InChI=1S/C12H13ClN4O2S/c1-2-3-19-11(18)7-4-8(13)10(9(14)5-7)20-12-15-6-16-17-12/h4-6H,2-3,14H2,1H3,(H,15,16,17). The van der Waals surface area contributed by atoms with Gasteiger partial charge in [0.25, 0.3) is 0 Å². The van der Waals surface area contributed by atoms with Gasteiger partial charge in [-0.1, -0.05) is 18.5 Å². The highest BCUT2D eigenvalue weighted by Gasteiger charge is 2.15. The molecule has 0 fully saturated rings. The average Bonchev–Trinajstić information content (AvgIpc) is 2.93. The molecular formula is C12H13ClN4O2S. The number of halogens is 1. The minimum atomic E-state index is -0.434. The van der Waals surface area contributed by atoms with Crippen molar-refractivity contribution in [1.29, 1.82) is 0 Å². The molecule has 1 aromatic heterocycles. The first-order chi connectivity index (χ1) is 9.61. The summed E-state index contributed by atoms with van der Waals surface area (Å²) in [4.78, 5) is 16.4. The van der Waals surface area contributed by atoms with Crippen molar-refractivity contribution in [2.45, 2.75) is 23.4 Å². The fourth-order valence-corrected chi connectivity index (χ4v) is 2.53. The van der Waals surface area contributed by atoms with Crippen molar-refractivity contribution in [3.8, 4) is 0 Å². The van der Waals surface area contributed by atoms with E-state index >= 15 is 0 Å². The fraction of sp³-hybridized carbons (Fsp3) is 0.250. The molecule has 2 rings (SSSR count). The van der Waals surface area contributed by atoms with E-state index in [1.807, 2.05) is 6.92 Å². The van der Waals surface area contributed by atoms with Crippen LogP contribution in [0.25, 0.3) is 0 Å². The molecule has 1 aromatic carbocycles. The van der Waals surface area contributed by atoms with E-state index in [1.165, 1.54) is 24.2 Å². The van der Waals surface area contributed by atoms with Gasteiger partial charge in [-0.15, -0.1) is 0 Å². The third-order valence-corrected chi connectivity index (χ3v) is 3.80. The predicted octanol–water partition coefficient (Wildman–Crippen LogP) is 2.76. The number of esters is 1. The van der Waals surface area contributed by atoms with Gasteiger partial charge in [0.15, 0.2) is 5.16 Å². The molecular weight excluding hydrogens is 300 g/mol. The molecule has 0 saturated heterocycles.